The van der Waals surface area contributed by atoms with Gasteiger partial charge in [0.1, 0.15) is 5.75 Å². The predicted molar refractivity (Wildman–Crippen MR) is 88.3 cm³/mol. The van der Waals surface area contributed by atoms with Gasteiger partial charge in [-0.1, -0.05) is 0 Å². The van der Waals surface area contributed by atoms with Gasteiger partial charge < -0.3 is 25.2 Å². The molecule has 0 bridgehead atoms. The van der Waals surface area contributed by atoms with Crippen LogP contribution in [0.3, 0.4) is 0 Å². The minimum atomic E-state index is -0.839. The van der Waals surface area contributed by atoms with E-state index in [1.165, 1.54) is 0 Å². The summed E-state index contributed by atoms with van der Waals surface area (Å²) >= 11 is 0. The van der Waals surface area contributed by atoms with Crippen LogP contribution < -0.4 is 0 Å². The average molecular weight is 322 g/mol. The summed E-state index contributed by atoms with van der Waals surface area (Å²) in [5.41, 5.74) is 5.92. The van der Waals surface area contributed by atoms with E-state index in [2.05, 4.69) is 5.73 Å². The van der Waals surface area contributed by atoms with Gasteiger partial charge in [0.05, 0.1) is 25.4 Å². The summed E-state index contributed by atoms with van der Waals surface area (Å²) < 4.78 is 5.03. The van der Waals surface area contributed by atoms with Crippen LogP contribution in [0.4, 0.5) is 0 Å². The average Bonchev–Trinajstić information content (AvgIpc) is 2.51. The second kappa shape index (κ2) is 9.50. The van der Waals surface area contributed by atoms with Gasteiger partial charge in [-0.2, -0.15) is 0 Å². The maximum absolute atomic E-state index is 10.2. The highest BCUT2D eigenvalue weighted by Crippen LogP contribution is 2.27. The molecule has 0 saturated heterocycles. The van der Waals surface area contributed by atoms with E-state index < -0.39 is 12.2 Å². The SMILES string of the molecule is COCC(=C=CC[C@@H](O)c1cc(C)c(O)c(C)c1)C[C@@H](O)CO. The fourth-order valence-corrected chi connectivity index (χ4v) is 2.32. The Morgan fingerprint density at radius 3 is 2.39 bits per heavy atom. The molecule has 128 valence electrons. The molecule has 23 heavy (non-hydrogen) atoms. The van der Waals surface area contributed by atoms with Crippen LogP contribution in [-0.2, 0) is 4.74 Å². The van der Waals surface area contributed by atoms with Crippen LogP contribution in [-0.4, -0.2) is 46.9 Å². The lowest BCUT2D eigenvalue weighted by molar-refractivity contribution is 0.0914. The molecule has 0 aromatic heterocycles. The second-order valence-electron chi connectivity index (χ2n) is 5.68. The van der Waals surface area contributed by atoms with E-state index in [1.807, 2.05) is 0 Å². The molecule has 0 aliphatic carbocycles. The molecule has 0 saturated carbocycles. The van der Waals surface area contributed by atoms with Crippen molar-refractivity contribution in [2.75, 3.05) is 20.3 Å². The molecule has 0 unspecified atom stereocenters. The van der Waals surface area contributed by atoms with E-state index in [-0.39, 0.29) is 18.8 Å². The molecule has 4 N–H and O–H groups in total. The number of hydrogen-bond donors (Lipinski definition) is 4. The third kappa shape index (κ3) is 6.18. The van der Waals surface area contributed by atoms with Gasteiger partial charge in [-0.3, -0.25) is 0 Å². The Kier molecular flexibility index (Phi) is 8.03. The Bertz CT molecular complexity index is 550. The van der Waals surface area contributed by atoms with Crippen molar-refractivity contribution >= 4 is 0 Å². The Balaban J connectivity index is 2.82. The molecule has 0 aliphatic heterocycles. The van der Waals surface area contributed by atoms with Gasteiger partial charge in [0, 0.05) is 20.0 Å². The topological polar surface area (TPSA) is 90.2 Å². The van der Waals surface area contributed by atoms with E-state index in [1.54, 1.807) is 39.2 Å². The maximum Gasteiger partial charge on any atom is 0.121 e. The number of aromatic hydroxyl groups is 1. The first-order valence-electron chi connectivity index (χ1n) is 7.58. The van der Waals surface area contributed by atoms with Crippen molar-refractivity contribution in [2.24, 2.45) is 0 Å². The van der Waals surface area contributed by atoms with Crippen molar-refractivity contribution in [1.82, 2.24) is 0 Å². The molecule has 0 spiro atoms. The largest absolute Gasteiger partial charge is 0.507 e. The number of aryl methyl sites for hydroxylation is 2. The first-order valence-corrected chi connectivity index (χ1v) is 7.58. The molecule has 2 atom stereocenters. The van der Waals surface area contributed by atoms with Gasteiger partial charge >= 0.3 is 0 Å². The zero-order valence-electron chi connectivity index (χ0n) is 13.9. The zero-order chi connectivity index (χ0) is 17.4. The lowest BCUT2D eigenvalue weighted by Crippen LogP contribution is -2.14. The number of methoxy groups -OCH3 is 1. The van der Waals surface area contributed by atoms with E-state index in [4.69, 9.17) is 9.84 Å². The third-order valence-corrected chi connectivity index (χ3v) is 3.56. The number of aliphatic hydroxyl groups excluding tert-OH is 3. The van der Waals surface area contributed by atoms with Crippen LogP contribution in [0.1, 0.15) is 35.6 Å². The standard InChI is InChI=1S/C18H26O5/c1-12-7-15(8-13(2)18(12)22)17(21)6-4-5-14(11-23-3)9-16(20)10-19/h4,7-8,16-17,19-22H,6,9-11H2,1-3H3/t5?,16-,17-/m1/s1. The van der Waals surface area contributed by atoms with Crippen molar-refractivity contribution < 1.29 is 25.2 Å². The summed E-state index contributed by atoms with van der Waals surface area (Å²) in [6.45, 7) is 3.58. The van der Waals surface area contributed by atoms with Gasteiger partial charge in [0.2, 0.25) is 0 Å². The summed E-state index contributed by atoms with van der Waals surface area (Å²) in [6, 6.07) is 3.52. The Morgan fingerprint density at radius 1 is 1.26 bits per heavy atom. The number of hydrogen-bond acceptors (Lipinski definition) is 5. The summed E-state index contributed by atoms with van der Waals surface area (Å²) in [6.07, 6.45) is 0.779. The highest BCUT2D eigenvalue weighted by molar-refractivity contribution is 5.42. The molecule has 0 fully saturated rings. The highest BCUT2D eigenvalue weighted by atomic mass is 16.5. The number of ether oxygens (including phenoxy) is 1. The first kappa shape index (κ1) is 19.4. The van der Waals surface area contributed by atoms with Crippen molar-refractivity contribution in [3.63, 3.8) is 0 Å². The predicted octanol–water partition coefficient (Wildman–Crippen LogP) is 1.90. The number of phenols is 1. The fraction of sp³-hybridized carbons (Fsp3) is 0.500. The van der Waals surface area contributed by atoms with Gasteiger partial charge in [-0.15, -0.1) is 5.73 Å². The Morgan fingerprint density at radius 2 is 1.87 bits per heavy atom. The molecule has 5 heteroatoms. The van der Waals surface area contributed by atoms with Crippen molar-refractivity contribution in [2.45, 2.75) is 38.9 Å². The zero-order valence-corrected chi connectivity index (χ0v) is 13.9. The summed E-state index contributed by atoms with van der Waals surface area (Å²) in [5.74, 6) is 0.247. The molecule has 0 aliphatic rings. The van der Waals surface area contributed by atoms with Gasteiger partial charge in [0.25, 0.3) is 0 Å². The fourth-order valence-electron chi connectivity index (χ4n) is 2.32. The van der Waals surface area contributed by atoms with Crippen LogP contribution in [0.25, 0.3) is 0 Å². The number of benzene rings is 1. The van der Waals surface area contributed by atoms with Crippen LogP contribution in [0.2, 0.25) is 0 Å². The van der Waals surface area contributed by atoms with Crippen LogP contribution in [0.5, 0.6) is 5.75 Å². The van der Waals surface area contributed by atoms with Crippen molar-refractivity contribution in [1.29, 1.82) is 0 Å². The van der Waals surface area contributed by atoms with E-state index in [0.29, 0.717) is 13.0 Å². The van der Waals surface area contributed by atoms with Crippen molar-refractivity contribution in [3.05, 3.63) is 46.2 Å². The summed E-state index contributed by atoms with van der Waals surface area (Å²) in [5, 5.41) is 38.4. The van der Waals surface area contributed by atoms with E-state index in [0.717, 1.165) is 22.3 Å². The number of aliphatic hydroxyl groups is 3. The van der Waals surface area contributed by atoms with Gasteiger partial charge in [0.15, 0.2) is 0 Å². The summed E-state index contributed by atoms with van der Waals surface area (Å²) in [4.78, 5) is 0. The highest BCUT2D eigenvalue weighted by Gasteiger charge is 2.10. The Labute approximate surface area is 137 Å². The normalized spacial score (nSPS) is 13.3. The minimum absolute atomic E-state index is 0.247. The number of rotatable bonds is 8. The number of phenolic OH excluding ortho intramolecular Hbond substituents is 1. The van der Waals surface area contributed by atoms with Crippen LogP contribution >= 0.6 is 0 Å². The Hall–Kier alpha value is -1.62. The summed E-state index contributed by atoms with van der Waals surface area (Å²) in [7, 11) is 1.55. The van der Waals surface area contributed by atoms with Gasteiger partial charge in [-0.25, -0.2) is 0 Å². The minimum Gasteiger partial charge on any atom is -0.507 e. The molecule has 1 rings (SSSR count). The molecule has 5 nitrogen and oxygen atoms in total. The molecule has 0 radical (unpaired) electrons. The quantitative estimate of drug-likeness (QED) is 0.549. The monoisotopic (exact) mass is 322 g/mol. The van der Waals surface area contributed by atoms with E-state index in [9.17, 15) is 15.3 Å². The molecule has 0 amide bonds. The lowest BCUT2D eigenvalue weighted by Gasteiger charge is -2.12. The molecular weight excluding hydrogens is 296 g/mol. The first-order chi connectivity index (χ1) is 10.9. The van der Waals surface area contributed by atoms with Crippen LogP contribution in [0.15, 0.2) is 29.5 Å². The van der Waals surface area contributed by atoms with Crippen LogP contribution in [0, 0.1) is 13.8 Å². The molecule has 0 heterocycles. The molecule has 1 aromatic carbocycles. The third-order valence-electron chi connectivity index (χ3n) is 3.56. The molecule has 1 aromatic rings. The van der Waals surface area contributed by atoms with E-state index >= 15 is 0 Å². The van der Waals surface area contributed by atoms with Crippen molar-refractivity contribution in [3.8, 4) is 5.75 Å². The second-order valence-corrected chi connectivity index (χ2v) is 5.68. The lowest BCUT2D eigenvalue weighted by atomic mass is 10.00. The smallest absolute Gasteiger partial charge is 0.121 e. The maximum atomic E-state index is 10.2. The van der Waals surface area contributed by atoms with Gasteiger partial charge in [-0.05, 0) is 54.3 Å². The molecular formula is C18H26O5.